The highest BCUT2D eigenvalue weighted by Gasteiger charge is 2.37. The van der Waals surface area contributed by atoms with Crippen LogP contribution in [-0.4, -0.2) is 35.2 Å². The molecule has 2 fully saturated rings. The first-order chi connectivity index (χ1) is 12.5. The largest absolute Gasteiger partial charge is 0.330 e. The molecule has 0 bridgehead atoms. The zero-order valence-corrected chi connectivity index (χ0v) is 15.3. The first kappa shape index (κ1) is 18.4. The number of carbonyl (C=O) groups excluding carboxylic acids is 3. The molecule has 1 aromatic rings. The van der Waals surface area contributed by atoms with E-state index in [0.717, 1.165) is 32.1 Å². The van der Waals surface area contributed by atoms with Crippen LogP contribution < -0.4 is 10.6 Å². The standard InChI is InChI=1S/C20H27N3O3/c1-14(24)21-16-9-5-10-17(13-16)22-19(25)18-11-6-12-23(18)20(26)15-7-3-2-4-8-15/h5,9-10,13,15,18H,2-4,6-8,11-12H2,1H3,(H,21,24)(H,22,25). The molecule has 1 heterocycles. The van der Waals surface area contributed by atoms with Gasteiger partial charge in [0.1, 0.15) is 6.04 Å². The van der Waals surface area contributed by atoms with E-state index in [9.17, 15) is 14.4 Å². The SMILES string of the molecule is CC(=O)Nc1cccc(NC(=O)C2CCCN2C(=O)C2CCCCC2)c1. The van der Waals surface area contributed by atoms with E-state index in [-0.39, 0.29) is 23.6 Å². The zero-order valence-electron chi connectivity index (χ0n) is 15.3. The van der Waals surface area contributed by atoms with Gasteiger partial charge in [0.05, 0.1) is 0 Å². The number of amides is 3. The lowest BCUT2D eigenvalue weighted by molar-refractivity contribution is -0.141. The maximum Gasteiger partial charge on any atom is 0.247 e. The number of hydrogen-bond donors (Lipinski definition) is 2. The fourth-order valence-corrected chi connectivity index (χ4v) is 3.99. The number of anilines is 2. The van der Waals surface area contributed by atoms with Gasteiger partial charge in [-0.3, -0.25) is 14.4 Å². The summed E-state index contributed by atoms with van der Waals surface area (Å²) in [5.74, 6) is -0.0743. The van der Waals surface area contributed by atoms with Crippen LogP contribution >= 0.6 is 0 Å². The van der Waals surface area contributed by atoms with Crippen molar-refractivity contribution in [3.8, 4) is 0 Å². The Morgan fingerprint density at radius 1 is 0.962 bits per heavy atom. The van der Waals surface area contributed by atoms with Crippen molar-refractivity contribution in [2.24, 2.45) is 5.92 Å². The Kier molecular flexibility index (Phi) is 5.91. The summed E-state index contributed by atoms with van der Waals surface area (Å²) < 4.78 is 0. The molecule has 0 spiro atoms. The molecule has 2 N–H and O–H groups in total. The molecule has 1 aliphatic carbocycles. The van der Waals surface area contributed by atoms with Crippen molar-refractivity contribution < 1.29 is 14.4 Å². The molecule has 140 valence electrons. The molecule has 1 aromatic carbocycles. The van der Waals surface area contributed by atoms with Gasteiger partial charge in [0.2, 0.25) is 17.7 Å². The first-order valence-corrected chi connectivity index (χ1v) is 9.53. The molecule has 6 heteroatoms. The second-order valence-electron chi connectivity index (χ2n) is 7.28. The normalized spacial score (nSPS) is 20.7. The van der Waals surface area contributed by atoms with Gasteiger partial charge in [0.15, 0.2) is 0 Å². The average Bonchev–Trinajstić information content (AvgIpc) is 3.11. The second kappa shape index (κ2) is 8.34. The van der Waals surface area contributed by atoms with Crippen LogP contribution in [0.2, 0.25) is 0 Å². The highest BCUT2D eigenvalue weighted by Crippen LogP contribution is 2.29. The number of nitrogens with one attached hydrogen (secondary N) is 2. The van der Waals surface area contributed by atoms with Crippen LogP contribution in [0.1, 0.15) is 51.9 Å². The lowest BCUT2D eigenvalue weighted by Gasteiger charge is -2.30. The fourth-order valence-electron chi connectivity index (χ4n) is 3.99. The minimum Gasteiger partial charge on any atom is -0.330 e. The number of benzene rings is 1. The predicted octanol–water partition coefficient (Wildman–Crippen LogP) is 3.15. The van der Waals surface area contributed by atoms with E-state index in [1.54, 1.807) is 29.2 Å². The van der Waals surface area contributed by atoms with Crippen molar-refractivity contribution in [1.29, 1.82) is 0 Å². The van der Waals surface area contributed by atoms with Gasteiger partial charge in [-0.15, -0.1) is 0 Å². The Balaban J connectivity index is 1.64. The molecule has 1 saturated carbocycles. The van der Waals surface area contributed by atoms with Crippen LogP contribution in [0.5, 0.6) is 0 Å². The molecule has 1 atom stereocenters. The molecule has 26 heavy (non-hydrogen) atoms. The molecule has 2 aliphatic rings. The quantitative estimate of drug-likeness (QED) is 0.869. The predicted molar refractivity (Wildman–Crippen MR) is 101 cm³/mol. The molecule has 0 radical (unpaired) electrons. The summed E-state index contributed by atoms with van der Waals surface area (Å²) in [5, 5.41) is 5.60. The van der Waals surface area contributed by atoms with Gasteiger partial charge in [-0.05, 0) is 43.9 Å². The van der Waals surface area contributed by atoms with Gasteiger partial charge in [-0.2, -0.15) is 0 Å². The fraction of sp³-hybridized carbons (Fsp3) is 0.550. The first-order valence-electron chi connectivity index (χ1n) is 9.53. The highest BCUT2D eigenvalue weighted by atomic mass is 16.2. The monoisotopic (exact) mass is 357 g/mol. The summed E-state index contributed by atoms with van der Waals surface area (Å²) >= 11 is 0. The Bertz CT molecular complexity index is 683. The van der Waals surface area contributed by atoms with Crippen molar-refractivity contribution in [3.63, 3.8) is 0 Å². The van der Waals surface area contributed by atoms with Gasteiger partial charge < -0.3 is 15.5 Å². The minimum absolute atomic E-state index is 0.0836. The van der Waals surface area contributed by atoms with Crippen LogP contribution in [0.25, 0.3) is 0 Å². The molecule has 3 rings (SSSR count). The second-order valence-corrected chi connectivity index (χ2v) is 7.28. The molecule has 6 nitrogen and oxygen atoms in total. The van der Waals surface area contributed by atoms with E-state index in [4.69, 9.17) is 0 Å². The number of likely N-dealkylation sites (tertiary alicyclic amines) is 1. The highest BCUT2D eigenvalue weighted by molar-refractivity contribution is 5.98. The number of nitrogens with zero attached hydrogens (tertiary/aromatic N) is 1. The Morgan fingerprint density at radius 3 is 2.35 bits per heavy atom. The molecule has 1 aliphatic heterocycles. The van der Waals surface area contributed by atoms with E-state index in [2.05, 4.69) is 10.6 Å². The molecular weight excluding hydrogens is 330 g/mol. The van der Waals surface area contributed by atoms with Crippen LogP contribution in [-0.2, 0) is 14.4 Å². The van der Waals surface area contributed by atoms with Gasteiger partial charge in [0.25, 0.3) is 0 Å². The zero-order chi connectivity index (χ0) is 18.5. The van der Waals surface area contributed by atoms with Gasteiger partial charge >= 0.3 is 0 Å². The lowest BCUT2D eigenvalue weighted by Crippen LogP contribution is -2.46. The van der Waals surface area contributed by atoms with Crippen molar-refractivity contribution in [2.75, 3.05) is 17.2 Å². The maximum absolute atomic E-state index is 12.8. The average molecular weight is 357 g/mol. The molecule has 0 aromatic heterocycles. The lowest BCUT2D eigenvalue weighted by atomic mass is 9.88. The summed E-state index contributed by atoms with van der Waals surface area (Å²) in [6, 6.07) is 6.66. The number of carbonyl (C=O) groups is 3. The van der Waals surface area contributed by atoms with Crippen LogP contribution in [0.3, 0.4) is 0 Å². The summed E-state index contributed by atoms with van der Waals surface area (Å²) in [6.07, 6.45) is 6.88. The summed E-state index contributed by atoms with van der Waals surface area (Å²) in [6.45, 7) is 2.11. The van der Waals surface area contributed by atoms with Crippen molar-refractivity contribution >= 4 is 29.1 Å². The summed E-state index contributed by atoms with van der Waals surface area (Å²) in [4.78, 5) is 38.6. The van der Waals surface area contributed by atoms with E-state index in [0.29, 0.717) is 24.3 Å². The molecule has 1 saturated heterocycles. The smallest absolute Gasteiger partial charge is 0.247 e. The molecule has 1 unspecified atom stereocenters. The van der Waals surface area contributed by atoms with E-state index in [1.807, 2.05) is 0 Å². The van der Waals surface area contributed by atoms with Gasteiger partial charge in [0, 0.05) is 30.8 Å². The topological polar surface area (TPSA) is 78.5 Å². The Labute approximate surface area is 154 Å². The maximum atomic E-state index is 12.8. The van der Waals surface area contributed by atoms with Crippen molar-refractivity contribution in [2.45, 2.75) is 57.9 Å². The van der Waals surface area contributed by atoms with Crippen LogP contribution in [0, 0.1) is 5.92 Å². The molecular formula is C20H27N3O3. The van der Waals surface area contributed by atoms with Crippen LogP contribution in [0.4, 0.5) is 11.4 Å². The summed E-state index contributed by atoms with van der Waals surface area (Å²) in [7, 11) is 0. The molecule has 3 amide bonds. The van der Waals surface area contributed by atoms with E-state index >= 15 is 0 Å². The van der Waals surface area contributed by atoms with E-state index in [1.165, 1.54) is 13.3 Å². The van der Waals surface area contributed by atoms with E-state index < -0.39 is 6.04 Å². The van der Waals surface area contributed by atoms with Crippen molar-refractivity contribution in [3.05, 3.63) is 24.3 Å². The third-order valence-electron chi connectivity index (χ3n) is 5.24. The number of rotatable bonds is 4. The van der Waals surface area contributed by atoms with Gasteiger partial charge in [-0.1, -0.05) is 25.3 Å². The Hall–Kier alpha value is -2.37. The summed E-state index contributed by atoms with van der Waals surface area (Å²) in [5.41, 5.74) is 1.26. The van der Waals surface area contributed by atoms with Gasteiger partial charge in [-0.25, -0.2) is 0 Å². The third kappa shape index (κ3) is 4.42. The van der Waals surface area contributed by atoms with Crippen LogP contribution in [0.15, 0.2) is 24.3 Å². The number of hydrogen-bond acceptors (Lipinski definition) is 3. The van der Waals surface area contributed by atoms with Crippen molar-refractivity contribution in [1.82, 2.24) is 4.90 Å². The third-order valence-corrected chi connectivity index (χ3v) is 5.24. The Morgan fingerprint density at radius 2 is 1.65 bits per heavy atom. The minimum atomic E-state index is -0.395.